The number of carbonyl (C=O) groups excluding carboxylic acids is 6. The highest BCUT2D eigenvalue weighted by atomic mass is 32.2. The van der Waals surface area contributed by atoms with E-state index in [2.05, 4.69) is 118 Å². The second-order valence-electron chi connectivity index (χ2n) is 32.3. The Balaban J connectivity index is 0.550. The number of aryl methyl sites for hydroxylation is 2. The molecule has 118 heavy (non-hydrogen) atoms. The number of amides is 6. The lowest BCUT2D eigenvalue weighted by molar-refractivity contribution is -0.440. The van der Waals surface area contributed by atoms with Crippen LogP contribution in [0.4, 0.5) is 20.2 Å². The number of benzene rings is 5. The van der Waals surface area contributed by atoms with Gasteiger partial charge in [-0.05, 0) is 160 Å². The molecule has 0 saturated carbocycles. The van der Waals surface area contributed by atoms with Crippen molar-refractivity contribution in [2.24, 2.45) is 5.92 Å². The largest absolute Gasteiger partial charge is 0.457 e. The summed E-state index contributed by atoms with van der Waals surface area (Å²) < 4.78 is 116. The summed E-state index contributed by atoms with van der Waals surface area (Å²) in [5.41, 5.74) is 14.9. The Morgan fingerprint density at radius 3 is 2.24 bits per heavy atom. The molecule has 6 N–H and O–H groups in total. The van der Waals surface area contributed by atoms with Crippen molar-refractivity contribution in [2.75, 3.05) is 82.1 Å². The lowest BCUT2D eigenvalue weighted by Crippen LogP contribution is -2.46. The summed E-state index contributed by atoms with van der Waals surface area (Å²) in [5, 5.41) is 29.1. The summed E-state index contributed by atoms with van der Waals surface area (Å²) in [4.78, 5) is 83.0. The summed E-state index contributed by atoms with van der Waals surface area (Å²) in [6.07, 6.45) is 11.6. The molecular weight excluding hydrogens is 1560 g/mol. The van der Waals surface area contributed by atoms with Gasteiger partial charge in [0.2, 0.25) is 35.2 Å². The highest BCUT2D eigenvalue weighted by Crippen LogP contribution is 2.49. The molecule has 0 bridgehead atoms. The monoisotopic (exact) mass is 1660 g/mol. The molecule has 12 rings (SSSR count). The van der Waals surface area contributed by atoms with Gasteiger partial charge in [0.15, 0.2) is 5.71 Å². The average molecular weight is 1660 g/mol. The third-order valence-electron chi connectivity index (χ3n) is 23.0. The normalized spacial score (nSPS) is 19.2. The maximum atomic E-state index is 14.1. The van der Waals surface area contributed by atoms with Crippen molar-refractivity contribution in [2.45, 2.75) is 179 Å². The van der Waals surface area contributed by atoms with E-state index in [1.54, 1.807) is 46.1 Å². The van der Waals surface area contributed by atoms with Gasteiger partial charge in [0.05, 0.1) is 68.7 Å². The number of fused-ring (bicyclic) bond motifs is 3. The third-order valence-corrected chi connectivity index (χ3v) is 24.6. The molecule has 628 valence electrons. The molecule has 5 aliphatic heterocycles. The van der Waals surface area contributed by atoms with Crippen LogP contribution >= 0.6 is 0 Å². The quantitative estimate of drug-likeness (QED) is 0.0119. The molecule has 27 nitrogen and oxygen atoms in total. The topological polar surface area (TPSA) is 354 Å². The molecule has 6 aromatic rings. The van der Waals surface area contributed by atoms with Crippen LogP contribution in [0.3, 0.4) is 0 Å². The number of halogens is 2. The fraction of sp³-hybridized carbons (Fsp3) is 0.471. The van der Waals surface area contributed by atoms with Crippen molar-refractivity contribution in [3.05, 3.63) is 195 Å². The van der Waals surface area contributed by atoms with Gasteiger partial charge in [0, 0.05) is 123 Å². The van der Waals surface area contributed by atoms with E-state index >= 15 is 0 Å². The van der Waals surface area contributed by atoms with Crippen LogP contribution in [0.5, 0.6) is 5.75 Å². The number of carbonyl (C=O) groups is 6. The molecule has 31 heteroatoms. The van der Waals surface area contributed by atoms with Crippen LogP contribution < -0.4 is 30.9 Å². The first-order chi connectivity index (χ1) is 56.3. The molecule has 2 fully saturated rings. The number of aromatic nitrogens is 3. The van der Waals surface area contributed by atoms with Gasteiger partial charge in [-0.25, -0.2) is 13.5 Å². The Morgan fingerprint density at radius 1 is 0.763 bits per heavy atom. The van der Waals surface area contributed by atoms with Crippen LogP contribution in [0.15, 0.2) is 150 Å². The van der Waals surface area contributed by atoms with E-state index in [1.807, 2.05) is 54.6 Å². The first kappa shape index (κ1) is 87.0. The van der Waals surface area contributed by atoms with Gasteiger partial charge in [0.25, 0.3) is 32.1 Å². The Kier molecular flexibility index (Phi) is 28.1. The lowest BCUT2D eigenvalue weighted by atomic mass is 9.78. The summed E-state index contributed by atoms with van der Waals surface area (Å²) >= 11 is 0. The number of nitrogens with zero attached hydrogens (tertiary/aromatic N) is 8. The number of allylic oxidation sites excluding steroid dienone is 5. The van der Waals surface area contributed by atoms with Crippen LogP contribution in [0.25, 0.3) is 11.3 Å². The van der Waals surface area contributed by atoms with Gasteiger partial charge in [-0.1, -0.05) is 97.4 Å². The van der Waals surface area contributed by atoms with Crippen LogP contribution in [0.2, 0.25) is 0 Å². The Morgan fingerprint density at radius 2 is 1.48 bits per heavy atom. The van der Waals surface area contributed by atoms with E-state index in [-0.39, 0.29) is 112 Å². The minimum atomic E-state index is -4.11. The first-order valence-electron chi connectivity index (χ1n) is 40.5. The summed E-state index contributed by atoms with van der Waals surface area (Å²) in [6.45, 7) is 13.8. The van der Waals surface area contributed by atoms with E-state index in [4.69, 9.17) is 14.2 Å². The number of ether oxygens (including phenoxy) is 3. The second-order valence-corrected chi connectivity index (χ2v) is 35.4. The van der Waals surface area contributed by atoms with E-state index < -0.39 is 74.4 Å². The highest BCUT2D eigenvalue weighted by molar-refractivity contribution is 7.86. The number of likely N-dealkylation sites (tertiary alicyclic amines) is 1. The number of nitriles is 1. The van der Waals surface area contributed by atoms with Crippen molar-refractivity contribution in [3.8, 4) is 23.1 Å². The highest BCUT2D eigenvalue weighted by Gasteiger charge is 2.51. The maximum Gasteiger partial charge on any atom is 0.268 e. The van der Waals surface area contributed by atoms with Crippen molar-refractivity contribution >= 4 is 72.8 Å². The van der Waals surface area contributed by atoms with E-state index in [0.29, 0.717) is 94.7 Å². The molecule has 0 radical (unpaired) electrons. The molecule has 0 spiro atoms. The number of anilines is 1. The Labute approximate surface area is 687 Å². The predicted molar refractivity (Wildman–Crippen MR) is 439 cm³/mol. The number of rotatable bonds is 38. The van der Waals surface area contributed by atoms with Gasteiger partial charge < -0.3 is 50.2 Å². The van der Waals surface area contributed by atoms with Crippen LogP contribution in [-0.2, 0) is 90.6 Å². The van der Waals surface area contributed by atoms with E-state index in [0.717, 1.165) is 91.5 Å². The minimum Gasteiger partial charge on any atom is -0.457 e. The van der Waals surface area contributed by atoms with Crippen molar-refractivity contribution in [1.29, 1.82) is 5.26 Å². The number of hydrogen-bond donors (Lipinski definition) is 6. The Hall–Kier alpha value is -10.4. The smallest absolute Gasteiger partial charge is 0.268 e. The number of hydrogen-bond acceptors (Lipinski definition) is 17. The zero-order chi connectivity index (χ0) is 84.1. The molecule has 3 atom stereocenters. The molecule has 0 unspecified atom stereocenters. The first-order valence-corrected chi connectivity index (χ1v) is 43.7. The number of para-hydroxylation sites is 1. The maximum absolute atomic E-state index is 14.1. The standard InChI is InChI=1S/C87H104F2N12O15S2/c1-58-20-32-75-71(48-58)86(4,5)77(100(75)41-9-11-47-118(111,112)113)34-29-62-15-12-14-61(28-33-76-85(2,3)70-18-6-7-19-74(70)99(76)40-8-10-46-117(108,109)110)81(62)116-68-30-21-59(22-31-68)23-35-78(102)92-39-43-115-45-44-114-42-36-79(103)91-37-38-93-82(105)63-26-24-60(25-27-63)73-56-98(96-95-73)54-65-17-13-16-64-53-97(55-69(64)65)80(104)50-66-49-72(94-83(66)106)84(107)101-57-87(88,89)51-67(101)52-90/h6-7,13,16-22,24-28,30-33,48,56,66-67,72H,8-12,14-15,23,29,34-47,49-51,53-55,57H2,1-5H3,(H5-,91,92,93,94,102,103,105,106,108,109,110,111,112,113)/p+1/b61-28+,76-33+/t66-,67-,72-/m0/s1. The molecule has 6 amide bonds. The Bertz CT molecular complexity index is 5150. The molecular formula is C87H105F2N12O15S2+. The molecule has 1 aromatic heterocycles. The predicted octanol–water partition coefficient (Wildman–Crippen LogP) is 10.4. The van der Waals surface area contributed by atoms with Crippen LogP contribution in [0.1, 0.15) is 167 Å². The zero-order valence-electron chi connectivity index (χ0n) is 67.4. The average Bonchev–Trinajstić information content (AvgIpc) is 1.60. The van der Waals surface area contributed by atoms with Crippen molar-refractivity contribution < 1.29 is 82.3 Å². The molecule has 6 aliphatic rings. The summed E-state index contributed by atoms with van der Waals surface area (Å²) in [5.74, 6) is -5.47. The van der Waals surface area contributed by atoms with E-state index in [9.17, 15) is 68.8 Å². The summed E-state index contributed by atoms with van der Waals surface area (Å²) in [7, 11) is -8.21. The van der Waals surface area contributed by atoms with Gasteiger partial charge in [0.1, 0.15) is 35.8 Å². The number of alkyl halides is 2. The van der Waals surface area contributed by atoms with Gasteiger partial charge in [-0.2, -0.15) is 26.7 Å². The van der Waals surface area contributed by atoms with E-state index in [1.165, 1.54) is 16.8 Å². The van der Waals surface area contributed by atoms with Gasteiger partial charge >= 0.3 is 0 Å². The zero-order valence-corrected chi connectivity index (χ0v) is 69.1. The third kappa shape index (κ3) is 22.1. The SMILES string of the molecule is Cc1ccc2c(c1)C(C)(C)C(CCC1=C(Oc3ccc(CCC(=O)NCCOCCOCCC(=O)NCCNC(=O)c4ccc(-c5cn(Cc6cccc7c6CN(C(=O)C[C@@H]6C[C@@H](C(=O)N8CC(F)(F)C[C@H]8C#N)NC6=O)C7)nn5)cc4)cc3)/C(=C/C=C3/N(CCCCS(=O)(=O)O)c4ccccc4C3(C)C)CCC1)=[N+]2CCCCS(=O)(=O)O. The molecule has 5 aromatic carbocycles. The van der Waals surface area contributed by atoms with Crippen molar-refractivity contribution in [3.63, 3.8) is 0 Å². The van der Waals surface area contributed by atoms with Gasteiger partial charge in [-0.3, -0.25) is 37.9 Å². The van der Waals surface area contributed by atoms with Crippen LogP contribution in [-0.4, -0.2) is 192 Å². The van der Waals surface area contributed by atoms with Crippen LogP contribution in [0, 0.1) is 24.2 Å². The minimum absolute atomic E-state index is 0.0437. The van der Waals surface area contributed by atoms with Gasteiger partial charge in [-0.15, -0.1) is 5.10 Å². The fourth-order valence-electron chi connectivity index (χ4n) is 16.7. The fourth-order valence-corrected chi connectivity index (χ4v) is 17.9. The molecule has 1 aliphatic carbocycles. The lowest BCUT2D eigenvalue weighted by Gasteiger charge is -2.28. The number of unbranched alkanes of at least 4 members (excludes halogenated alkanes) is 2. The molecule has 2 saturated heterocycles. The summed E-state index contributed by atoms with van der Waals surface area (Å²) in [6, 6.07) is 34.5. The van der Waals surface area contributed by atoms with Crippen molar-refractivity contribution in [1.82, 2.24) is 46.1 Å². The molecule has 6 heterocycles. The second kappa shape index (κ2) is 38.1. The number of nitrogens with one attached hydrogen (secondary N) is 4.